The van der Waals surface area contributed by atoms with Gasteiger partial charge in [-0.1, -0.05) is 78.9 Å². The molecule has 0 atom stereocenters. The van der Waals surface area contributed by atoms with E-state index < -0.39 is 4.92 Å². The maximum Gasteiger partial charge on any atom is 0.278 e. The third-order valence-electron chi connectivity index (χ3n) is 3.94. The lowest BCUT2D eigenvalue weighted by molar-refractivity contribution is -0.385. The maximum absolute atomic E-state index is 11.4. The van der Waals surface area contributed by atoms with Crippen LogP contribution in [0, 0.1) is 10.1 Å². The highest BCUT2D eigenvalue weighted by molar-refractivity contribution is 5.82. The molecule has 0 bridgehead atoms. The van der Waals surface area contributed by atoms with Crippen molar-refractivity contribution < 1.29 is 4.92 Å². The number of nitrogens with two attached hydrogens (primary N) is 1. The highest BCUT2D eigenvalue weighted by Crippen LogP contribution is 2.28. The summed E-state index contributed by atoms with van der Waals surface area (Å²) in [6.45, 7) is 0. The third-order valence-corrected chi connectivity index (χ3v) is 3.94. The van der Waals surface area contributed by atoms with Crippen LogP contribution in [-0.4, -0.2) is 4.92 Å². The van der Waals surface area contributed by atoms with E-state index >= 15 is 0 Å². The van der Waals surface area contributed by atoms with Gasteiger partial charge in [0.2, 0.25) is 0 Å². The monoisotopic (exact) mass is 342 g/mol. The van der Waals surface area contributed by atoms with E-state index in [0.717, 1.165) is 16.7 Å². The zero-order valence-corrected chi connectivity index (χ0v) is 14.1. The molecule has 0 saturated carbocycles. The number of nitro groups is 1. The number of nitrogen functional groups attached to an aromatic ring is 1. The molecule has 0 aliphatic heterocycles. The van der Waals surface area contributed by atoms with E-state index in [-0.39, 0.29) is 5.69 Å². The van der Waals surface area contributed by atoms with E-state index in [4.69, 9.17) is 5.73 Å². The first kappa shape index (κ1) is 17.2. The number of hydrogen-bond donors (Lipinski definition) is 1. The largest absolute Gasteiger partial charge is 0.398 e. The van der Waals surface area contributed by atoms with Crippen LogP contribution in [0.5, 0.6) is 0 Å². The molecule has 0 fully saturated rings. The number of anilines is 1. The lowest BCUT2D eigenvalue weighted by Crippen LogP contribution is -1.97. The SMILES string of the molecule is Nc1cc([N+](=O)[O-])c(/C=C/c2ccccc2)cc1/C=C/c1ccccc1. The van der Waals surface area contributed by atoms with Crippen LogP contribution in [0.25, 0.3) is 24.3 Å². The van der Waals surface area contributed by atoms with Gasteiger partial charge in [0, 0.05) is 11.8 Å². The van der Waals surface area contributed by atoms with E-state index in [9.17, 15) is 10.1 Å². The van der Waals surface area contributed by atoms with Gasteiger partial charge in [-0.25, -0.2) is 0 Å². The topological polar surface area (TPSA) is 69.2 Å². The van der Waals surface area contributed by atoms with Gasteiger partial charge in [0.15, 0.2) is 0 Å². The van der Waals surface area contributed by atoms with Crippen molar-refractivity contribution in [1.82, 2.24) is 0 Å². The number of nitro benzene ring substituents is 1. The molecule has 3 rings (SSSR count). The fourth-order valence-electron chi connectivity index (χ4n) is 2.58. The zero-order valence-electron chi connectivity index (χ0n) is 14.1. The first-order chi connectivity index (χ1) is 12.6. The molecule has 128 valence electrons. The van der Waals surface area contributed by atoms with Crippen LogP contribution in [-0.2, 0) is 0 Å². The van der Waals surface area contributed by atoms with Crippen molar-refractivity contribution in [1.29, 1.82) is 0 Å². The predicted octanol–water partition coefficient (Wildman–Crippen LogP) is 5.52. The third kappa shape index (κ3) is 4.24. The second-order valence-corrected chi connectivity index (χ2v) is 5.79. The average molecular weight is 342 g/mol. The Labute approximate surface area is 152 Å². The Morgan fingerprint density at radius 2 is 1.23 bits per heavy atom. The number of rotatable bonds is 5. The predicted molar refractivity (Wildman–Crippen MR) is 108 cm³/mol. The van der Waals surface area contributed by atoms with Crippen molar-refractivity contribution in [3.63, 3.8) is 0 Å². The van der Waals surface area contributed by atoms with Crippen molar-refractivity contribution in [3.8, 4) is 0 Å². The summed E-state index contributed by atoms with van der Waals surface area (Å²) >= 11 is 0. The van der Waals surface area contributed by atoms with Crippen LogP contribution < -0.4 is 5.73 Å². The van der Waals surface area contributed by atoms with Crippen LogP contribution >= 0.6 is 0 Å². The van der Waals surface area contributed by atoms with Gasteiger partial charge in [-0.3, -0.25) is 10.1 Å². The minimum atomic E-state index is -0.411. The second-order valence-electron chi connectivity index (χ2n) is 5.79. The van der Waals surface area contributed by atoms with Gasteiger partial charge < -0.3 is 5.73 Å². The molecule has 4 heteroatoms. The molecule has 0 amide bonds. The summed E-state index contributed by atoms with van der Waals surface area (Å²) in [7, 11) is 0. The Balaban J connectivity index is 1.98. The first-order valence-corrected chi connectivity index (χ1v) is 8.17. The highest BCUT2D eigenvalue weighted by atomic mass is 16.6. The molecule has 0 spiro atoms. The molecule has 0 aliphatic carbocycles. The standard InChI is InChI=1S/C22H18N2O2/c23-21-16-22(24(25)26)20(14-12-18-9-5-2-6-10-18)15-19(21)13-11-17-7-3-1-4-8-17/h1-16H,23H2/b13-11+,14-12+. The Morgan fingerprint density at radius 3 is 1.73 bits per heavy atom. The summed E-state index contributed by atoms with van der Waals surface area (Å²) in [5.41, 5.74) is 9.65. The smallest absolute Gasteiger partial charge is 0.278 e. The van der Waals surface area contributed by atoms with Gasteiger partial charge in [0.05, 0.1) is 10.5 Å². The quantitative estimate of drug-likeness (QED) is 0.287. The molecule has 0 radical (unpaired) electrons. The zero-order chi connectivity index (χ0) is 18.4. The lowest BCUT2D eigenvalue weighted by atomic mass is 10.0. The highest BCUT2D eigenvalue weighted by Gasteiger charge is 2.14. The summed E-state index contributed by atoms with van der Waals surface area (Å²) in [6.07, 6.45) is 7.40. The van der Waals surface area contributed by atoms with E-state index in [0.29, 0.717) is 11.3 Å². The lowest BCUT2D eigenvalue weighted by Gasteiger charge is -2.05. The van der Waals surface area contributed by atoms with Crippen LogP contribution in [0.4, 0.5) is 11.4 Å². The van der Waals surface area contributed by atoms with Crippen molar-refractivity contribution in [3.05, 3.63) is 105 Å². The molecule has 3 aromatic carbocycles. The van der Waals surface area contributed by atoms with E-state index in [1.165, 1.54) is 6.07 Å². The molecule has 0 heterocycles. The maximum atomic E-state index is 11.4. The summed E-state index contributed by atoms with van der Waals surface area (Å²) in [5, 5.41) is 11.4. The Bertz CT molecular complexity index is 962. The molecule has 0 aromatic heterocycles. The van der Waals surface area contributed by atoms with Gasteiger partial charge in [0.25, 0.3) is 5.69 Å². The van der Waals surface area contributed by atoms with E-state index in [1.54, 1.807) is 12.1 Å². The van der Waals surface area contributed by atoms with E-state index in [2.05, 4.69) is 0 Å². The fourth-order valence-corrected chi connectivity index (χ4v) is 2.58. The van der Waals surface area contributed by atoms with Crippen molar-refractivity contribution in [2.24, 2.45) is 0 Å². The molecule has 2 N–H and O–H groups in total. The van der Waals surface area contributed by atoms with Gasteiger partial charge in [-0.15, -0.1) is 0 Å². The first-order valence-electron chi connectivity index (χ1n) is 8.17. The minimum absolute atomic E-state index is 0.00783. The molecular weight excluding hydrogens is 324 g/mol. The van der Waals surface area contributed by atoms with Crippen LogP contribution in [0.2, 0.25) is 0 Å². The number of benzene rings is 3. The number of hydrogen-bond acceptors (Lipinski definition) is 3. The summed E-state index contributed by atoms with van der Waals surface area (Å²) in [4.78, 5) is 11.0. The molecule has 26 heavy (non-hydrogen) atoms. The average Bonchev–Trinajstić information content (AvgIpc) is 2.67. The normalized spacial score (nSPS) is 11.2. The Kier molecular flexibility index (Phi) is 5.25. The van der Waals surface area contributed by atoms with E-state index in [1.807, 2.05) is 78.9 Å². The van der Waals surface area contributed by atoms with Gasteiger partial charge >= 0.3 is 0 Å². The Hall–Kier alpha value is -3.66. The summed E-state index contributed by atoms with van der Waals surface area (Å²) in [5.74, 6) is 0. The second kappa shape index (κ2) is 7.94. The molecule has 0 saturated heterocycles. The fraction of sp³-hybridized carbons (Fsp3) is 0. The van der Waals surface area contributed by atoms with Crippen molar-refractivity contribution in [2.75, 3.05) is 5.73 Å². The van der Waals surface area contributed by atoms with Crippen molar-refractivity contribution in [2.45, 2.75) is 0 Å². The van der Waals surface area contributed by atoms with Gasteiger partial charge in [0.1, 0.15) is 0 Å². The molecule has 4 nitrogen and oxygen atoms in total. The summed E-state index contributed by atoms with van der Waals surface area (Å²) in [6, 6.07) is 22.6. The van der Waals surface area contributed by atoms with Crippen LogP contribution in [0.1, 0.15) is 22.3 Å². The molecule has 3 aromatic rings. The molecule has 0 aliphatic rings. The Morgan fingerprint density at radius 1 is 0.731 bits per heavy atom. The van der Waals surface area contributed by atoms with Gasteiger partial charge in [-0.05, 0) is 28.8 Å². The molecular formula is C22H18N2O2. The van der Waals surface area contributed by atoms with Crippen LogP contribution in [0.15, 0.2) is 72.8 Å². The summed E-state index contributed by atoms with van der Waals surface area (Å²) < 4.78 is 0. The molecule has 0 unspecified atom stereocenters. The number of nitrogens with zero attached hydrogens (tertiary/aromatic N) is 1. The van der Waals surface area contributed by atoms with Crippen molar-refractivity contribution >= 4 is 35.7 Å². The minimum Gasteiger partial charge on any atom is -0.398 e. The van der Waals surface area contributed by atoms with Crippen LogP contribution in [0.3, 0.4) is 0 Å². The van der Waals surface area contributed by atoms with Gasteiger partial charge in [-0.2, -0.15) is 0 Å².